The van der Waals surface area contributed by atoms with E-state index in [4.69, 9.17) is 11.6 Å². The smallest absolute Gasteiger partial charge is 0.0992 e. The zero-order chi connectivity index (χ0) is 17.9. The number of fused-ring (bicyclic) bond motifs is 1. The first-order valence-electron chi connectivity index (χ1n) is 9.49. The quantitative estimate of drug-likeness (QED) is 0.810. The minimum atomic E-state index is 0.604. The lowest BCUT2D eigenvalue weighted by molar-refractivity contribution is 0.212. The van der Waals surface area contributed by atoms with Gasteiger partial charge in [0, 0.05) is 42.9 Å². The molecule has 2 aliphatic rings. The van der Waals surface area contributed by atoms with Crippen LogP contribution < -0.4 is 4.90 Å². The summed E-state index contributed by atoms with van der Waals surface area (Å²) >= 11 is 6.08. The number of hydrogen-bond donors (Lipinski definition) is 0. The average molecular weight is 366 g/mol. The van der Waals surface area contributed by atoms with Crippen molar-refractivity contribution in [3.8, 4) is 6.07 Å². The predicted octanol–water partition coefficient (Wildman–Crippen LogP) is 4.28. The van der Waals surface area contributed by atoms with Crippen LogP contribution in [0.5, 0.6) is 0 Å². The third kappa shape index (κ3) is 3.72. The van der Waals surface area contributed by atoms with Crippen molar-refractivity contribution >= 4 is 17.3 Å². The Hall–Kier alpha value is -2.02. The van der Waals surface area contributed by atoms with Crippen molar-refractivity contribution in [1.82, 2.24) is 4.90 Å². The summed E-state index contributed by atoms with van der Waals surface area (Å²) in [6.45, 7) is 4.49. The molecular formula is C22H24ClN3. The van der Waals surface area contributed by atoms with Crippen LogP contribution in [0.3, 0.4) is 0 Å². The number of rotatable bonds is 4. The third-order valence-corrected chi connectivity index (χ3v) is 5.98. The second-order valence-corrected chi connectivity index (χ2v) is 7.79. The molecule has 1 saturated heterocycles. The summed E-state index contributed by atoms with van der Waals surface area (Å²) in [5.74, 6) is 0. The Morgan fingerprint density at radius 1 is 1.08 bits per heavy atom. The van der Waals surface area contributed by atoms with Crippen LogP contribution in [0.2, 0.25) is 5.02 Å². The highest BCUT2D eigenvalue weighted by atomic mass is 35.5. The molecule has 0 saturated carbocycles. The van der Waals surface area contributed by atoms with E-state index in [1.165, 1.54) is 29.7 Å². The number of hydrogen-bond acceptors (Lipinski definition) is 3. The first kappa shape index (κ1) is 17.4. The van der Waals surface area contributed by atoms with Crippen LogP contribution in [-0.2, 0) is 12.8 Å². The topological polar surface area (TPSA) is 30.3 Å². The highest BCUT2D eigenvalue weighted by molar-refractivity contribution is 6.30. The number of likely N-dealkylation sites (tertiary alicyclic amines) is 1. The van der Waals surface area contributed by atoms with E-state index in [2.05, 4.69) is 40.1 Å². The maximum absolute atomic E-state index is 9.19. The summed E-state index contributed by atoms with van der Waals surface area (Å²) in [5, 5.41) is 10.0. The van der Waals surface area contributed by atoms with Gasteiger partial charge in [-0.25, -0.2) is 0 Å². The van der Waals surface area contributed by atoms with Crippen LogP contribution in [0.25, 0.3) is 0 Å². The molecule has 0 N–H and O–H groups in total. The van der Waals surface area contributed by atoms with Crippen molar-refractivity contribution in [1.29, 1.82) is 5.26 Å². The van der Waals surface area contributed by atoms with Gasteiger partial charge in [0.2, 0.25) is 0 Å². The SMILES string of the molecule is N#Cc1ccc2c(c1)N(C1CCN(CCc3cccc(Cl)c3)CC1)CC2. The molecule has 2 aliphatic heterocycles. The minimum absolute atomic E-state index is 0.604. The lowest BCUT2D eigenvalue weighted by Crippen LogP contribution is -2.45. The van der Waals surface area contributed by atoms with Crippen molar-refractivity contribution in [2.75, 3.05) is 31.1 Å². The molecular weight excluding hydrogens is 342 g/mol. The number of anilines is 1. The first-order chi connectivity index (χ1) is 12.7. The molecule has 0 aromatic heterocycles. The van der Waals surface area contributed by atoms with Gasteiger partial charge < -0.3 is 9.80 Å². The molecule has 0 radical (unpaired) electrons. The highest BCUT2D eigenvalue weighted by Crippen LogP contribution is 2.33. The maximum atomic E-state index is 9.19. The van der Waals surface area contributed by atoms with Crippen LogP contribution in [0.15, 0.2) is 42.5 Å². The summed E-state index contributed by atoms with van der Waals surface area (Å²) in [5.41, 5.74) is 4.78. The Morgan fingerprint density at radius 2 is 1.92 bits per heavy atom. The van der Waals surface area contributed by atoms with E-state index < -0.39 is 0 Å². The van der Waals surface area contributed by atoms with Gasteiger partial charge in [-0.3, -0.25) is 0 Å². The molecule has 0 bridgehead atoms. The molecule has 0 amide bonds. The van der Waals surface area contributed by atoms with Crippen LogP contribution in [-0.4, -0.2) is 37.1 Å². The van der Waals surface area contributed by atoms with Gasteiger partial charge in [0.1, 0.15) is 0 Å². The largest absolute Gasteiger partial charge is 0.368 e. The van der Waals surface area contributed by atoms with Crippen molar-refractivity contribution < 1.29 is 0 Å². The van der Waals surface area contributed by atoms with Gasteiger partial charge in [-0.1, -0.05) is 29.8 Å². The fourth-order valence-electron chi connectivity index (χ4n) is 4.29. The molecule has 0 atom stereocenters. The van der Waals surface area contributed by atoms with E-state index in [1.807, 2.05) is 18.2 Å². The van der Waals surface area contributed by atoms with Crippen LogP contribution in [0.1, 0.15) is 29.5 Å². The summed E-state index contributed by atoms with van der Waals surface area (Å²) < 4.78 is 0. The highest BCUT2D eigenvalue weighted by Gasteiger charge is 2.29. The summed E-state index contributed by atoms with van der Waals surface area (Å²) in [4.78, 5) is 5.12. The molecule has 2 heterocycles. The normalized spacial score (nSPS) is 17.9. The second-order valence-electron chi connectivity index (χ2n) is 7.35. The molecule has 1 fully saturated rings. The van der Waals surface area contributed by atoms with Gasteiger partial charge in [-0.15, -0.1) is 0 Å². The fraction of sp³-hybridized carbons (Fsp3) is 0.409. The Kier molecular flexibility index (Phi) is 5.15. The molecule has 26 heavy (non-hydrogen) atoms. The van der Waals surface area contributed by atoms with Gasteiger partial charge in [-0.2, -0.15) is 5.26 Å². The molecule has 0 spiro atoms. The Morgan fingerprint density at radius 3 is 2.69 bits per heavy atom. The van der Waals surface area contributed by atoms with E-state index in [0.29, 0.717) is 6.04 Å². The molecule has 0 unspecified atom stereocenters. The third-order valence-electron chi connectivity index (χ3n) is 5.75. The predicted molar refractivity (Wildman–Crippen MR) is 107 cm³/mol. The van der Waals surface area contributed by atoms with Crippen molar-refractivity contribution in [2.24, 2.45) is 0 Å². The summed E-state index contributed by atoms with van der Waals surface area (Å²) in [7, 11) is 0. The Bertz CT molecular complexity index is 818. The number of halogens is 1. The summed E-state index contributed by atoms with van der Waals surface area (Å²) in [6, 6.07) is 17.2. The Labute approximate surface area is 160 Å². The van der Waals surface area contributed by atoms with E-state index in [9.17, 15) is 5.26 Å². The Balaban J connectivity index is 1.33. The lowest BCUT2D eigenvalue weighted by atomic mass is 10.0. The molecule has 4 heteroatoms. The van der Waals surface area contributed by atoms with Crippen molar-refractivity contribution in [3.63, 3.8) is 0 Å². The zero-order valence-electron chi connectivity index (χ0n) is 15.0. The molecule has 134 valence electrons. The number of piperidine rings is 1. The van der Waals surface area contributed by atoms with E-state index in [1.54, 1.807) is 0 Å². The monoisotopic (exact) mass is 365 g/mol. The zero-order valence-corrected chi connectivity index (χ0v) is 15.8. The van der Waals surface area contributed by atoms with Gasteiger partial charge >= 0.3 is 0 Å². The van der Waals surface area contributed by atoms with Crippen molar-refractivity contribution in [2.45, 2.75) is 31.7 Å². The van der Waals surface area contributed by atoms with Gasteiger partial charge in [0.05, 0.1) is 11.6 Å². The number of nitriles is 1. The van der Waals surface area contributed by atoms with Crippen LogP contribution in [0.4, 0.5) is 5.69 Å². The number of nitrogens with zero attached hydrogens (tertiary/aromatic N) is 3. The molecule has 0 aliphatic carbocycles. The first-order valence-corrected chi connectivity index (χ1v) is 9.87. The van der Waals surface area contributed by atoms with Crippen LogP contribution >= 0.6 is 11.6 Å². The van der Waals surface area contributed by atoms with E-state index in [0.717, 1.165) is 49.6 Å². The van der Waals surface area contributed by atoms with E-state index >= 15 is 0 Å². The second kappa shape index (κ2) is 7.70. The molecule has 2 aromatic carbocycles. The van der Waals surface area contributed by atoms with Gasteiger partial charge in [-0.05, 0) is 61.1 Å². The lowest BCUT2D eigenvalue weighted by Gasteiger charge is -2.38. The number of benzene rings is 2. The summed E-state index contributed by atoms with van der Waals surface area (Å²) in [6.07, 6.45) is 4.57. The minimum Gasteiger partial charge on any atom is -0.368 e. The fourth-order valence-corrected chi connectivity index (χ4v) is 4.50. The van der Waals surface area contributed by atoms with Gasteiger partial charge in [0.15, 0.2) is 0 Å². The van der Waals surface area contributed by atoms with Gasteiger partial charge in [0.25, 0.3) is 0 Å². The molecule has 2 aromatic rings. The standard InChI is InChI=1S/C22H24ClN3/c23-20-3-1-2-17(14-20)6-10-25-11-8-21(9-12-25)26-13-7-19-5-4-18(16-24)15-22(19)26/h1-5,14-15,21H,6-13H2. The van der Waals surface area contributed by atoms with Crippen molar-refractivity contribution in [3.05, 3.63) is 64.2 Å². The van der Waals surface area contributed by atoms with E-state index in [-0.39, 0.29) is 0 Å². The molecule has 4 rings (SSSR count). The molecule has 3 nitrogen and oxygen atoms in total. The average Bonchev–Trinajstić information content (AvgIpc) is 3.10. The maximum Gasteiger partial charge on any atom is 0.0992 e. The van der Waals surface area contributed by atoms with Crippen LogP contribution in [0, 0.1) is 11.3 Å².